The van der Waals surface area contributed by atoms with Crippen molar-refractivity contribution < 1.29 is 23.7 Å². The van der Waals surface area contributed by atoms with E-state index in [2.05, 4.69) is 108 Å². The average molecular weight is 1380 g/mol. The van der Waals surface area contributed by atoms with Crippen LogP contribution in [0.1, 0.15) is 189 Å². The molecule has 0 unspecified atom stereocenters. The Morgan fingerprint density at radius 1 is 0.589 bits per heavy atom. The number of carbonyl (C=O) groups is 2. The number of fused-ring (bicyclic) bond motifs is 4. The number of aromatic carboxylic acids is 1. The first-order valence-electron chi connectivity index (χ1n) is 32.0. The van der Waals surface area contributed by atoms with Gasteiger partial charge in [-0.15, -0.1) is 0 Å². The summed E-state index contributed by atoms with van der Waals surface area (Å²) in [5.74, 6) is 3.93. The normalized spacial score (nSPS) is 16.3. The molecule has 6 aliphatic carbocycles. The van der Waals surface area contributed by atoms with Gasteiger partial charge in [0.2, 0.25) is 5.91 Å². The van der Waals surface area contributed by atoms with Crippen molar-refractivity contribution in [2.75, 3.05) is 0 Å². The topological polar surface area (TPSA) is 168 Å². The van der Waals surface area contributed by atoms with Crippen LogP contribution in [0.25, 0.3) is 61.2 Å². The molecule has 0 amide bonds. The lowest BCUT2D eigenvalue weighted by Crippen LogP contribution is -2.18. The molecule has 0 spiro atoms. The number of hydrogen-bond donors (Lipinski definition) is 1. The number of hydrogen-bond acceptors (Lipinski definition) is 10. The molecule has 15 rings (SSSR count). The number of nitrogens with zero attached hydrogens (tertiary/aromatic N) is 8. The highest BCUT2D eigenvalue weighted by Crippen LogP contribution is 2.43. The molecule has 0 radical (unpaired) electrons. The van der Waals surface area contributed by atoms with Crippen molar-refractivity contribution in [3.05, 3.63) is 167 Å². The number of pyridine rings is 4. The number of carboxylic acids is 1. The maximum atomic E-state index is 12.7. The summed E-state index contributed by atoms with van der Waals surface area (Å²) in [7, 11) is 0. The number of rotatable bonds is 13. The van der Waals surface area contributed by atoms with Crippen LogP contribution in [0.4, 0.5) is 0 Å². The minimum Gasteiger partial charge on any atom is -0.478 e. The predicted molar refractivity (Wildman–Crippen MR) is 366 cm³/mol. The Kier molecular flexibility index (Phi) is 19.1. The van der Waals surface area contributed by atoms with E-state index in [1.807, 2.05) is 79.9 Å². The fourth-order valence-corrected chi connectivity index (χ4v) is 14.8. The summed E-state index contributed by atoms with van der Waals surface area (Å²) in [6, 6.07) is 11.2. The first-order chi connectivity index (χ1) is 43.2. The lowest BCUT2D eigenvalue weighted by atomic mass is 9.80. The number of aromatic nitrogens is 8. The Bertz CT molecular complexity index is 4200. The second-order valence-electron chi connectivity index (χ2n) is 27.0. The molecule has 13 nitrogen and oxygen atoms in total. The predicted octanol–water partition coefficient (Wildman–Crippen LogP) is 20.3. The second-order valence-corrected chi connectivity index (χ2v) is 29.5. The Labute approximate surface area is 553 Å². The van der Waals surface area contributed by atoms with Gasteiger partial charge in [-0.2, -0.15) is 0 Å². The molecule has 90 heavy (non-hydrogen) atoms. The van der Waals surface area contributed by atoms with E-state index in [4.69, 9.17) is 37.2 Å². The molecule has 1 N–H and O–H groups in total. The van der Waals surface area contributed by atoms with Crippen molar-refractivity contribution >= 4 is 99.9 Å². The number of aryl methyl sites for hydroxylation is 4. The van der Waals surface area contributed by atoms with Gasteiger partial charge in [0.1, 0.15) is 20.7 Å². The molecule has 0 bridgehead atoms. The zero-order valence-corrected chi connectivity index (χ0v) is 57.2. The van der Waals surface area contributed by atoms with Gasteiger partial charge in [0.15, 0.2) is 0 Å². The van der Waals surface area contributed by atoms with Gasteiger partial charge in [-0.1, -0.05) is 143 Å². The van der Waals surface area contributed by atoms with E-state index in [9.17, 15) is 14.7 Å². The van der Waals surface area contributed by atoms with E-state index in [-0.39, 0.29) is 26.9 Å². The SMILES string of the molecule is Brc1cc2c(cn1)C(CC1CCC1)=CC2.CC(C)(C)CC(=O)n1cc(CC2CCC2)c2cnc(Br)cc21.Cc1noc(C)c1-c1cc2c(cn1)C(CC1CCC1)=CC2.Cc1noc(C)c1-c1cc2c(cn1)c(CC1CCC1)cn2-c1c(Cl)cc(C(=O)O)cc1Cl. The molecule has 17 heteroatoms. The summed E-state index contributed by atoms with van der Waals surface area (Å²) in [6.07, 6.45) is 40.1. The summed E-state index contributed by atoms with van der Waals surface area (Å²) in [5.41, 5.74) is 18.9. The fraction of sp³-hybridized carbons (Fsp3) is 0.425. The van der Waals surface area contributed by atoms with Crippen LogP contribution < -0.4 is 0 Å². The van der Waals surface area contributed by atoms with E-state index >= 15 is 0 Å². The van der Waals surface area contributed by atoms with E-state index in [1.165, 1.54) is 147 Å². The third-order valence-electron chi connectivity index (χ3n) is 19.3. The molecule has 0 atom stereocenters. The number of carbonyl (C=O) groups excluding carboxylic acids is 1. The first-order valence-corrected chi connectivity index (χ1v) is 34.4. The van der Waals surface area contributed by atoms with Gasteiger partial charge < -0.3 is 18.7 Å². The summed E-state index contributed by atoms with van der Waals surface area (Å²) in [6.45, 7) is 14.0. The number of halogens is 4. The zero-order chi connectivity index (χ0) is 63.1. The van der Waals surface area contributed by atoms with Crippen molar-refractivity contribution in [3.8, 4) is 28.2 Å². The highest BCUT2D eigenvalue weighted by Gasteiger charge is 2.29. The van der Waals surface area contributed by atoms with Gasteiger partial charge in [-0.25, -0.2) is 14.8 Å². The van der Waals surface area contributed by atoms with Gasteiger partial charge >= 0.3 is 5.97 Å². The van der Waals surface area contributed by atoms with Crippen LogP contribution in [0, 0.1) is 56.8 Å². The van der Waals surface area contributed by atoms with Crippen molar-refractivity contribution in [2.24, 2.45) is 29.1 Å². The van der Waals surface area contributed by atoms with E-state index < -0.39 is 5.97 Å². The van der Waals surface area contributed by atoms with Gasteiger partial charge in [0, 0.05) is 54.4 Å². The van der Waals surface area contributed by atoms with Crippen molar-refractivity contribution in [2.45, 2.75) is 170 Å². The Morgan fingerprint density at radius 3 is 1.54 bits per heavy atom. The third kappa shape index (κ3) is 14.0. The lowest BCUT2D eigenvalue weighted by Gasteiger charge is -2.26. The maximum absolute atomic E-state index is 12.7. The monoisotopic (exact) mass is 1370 g/mol. The number of carboxylic acid groups (broad SMARTS) is 1. The van der Waals surface area contributed by atoms with E-state index in [0.29, 0.717) is 23.8 Å². The largest absolute Gasteiger partial charge is 0.478 e. The van der Waals surface area contributed by atoms with Crippen LogP contribution in [0.2, 0.25) is 10.0 Å². The molecule has 9 aromatic rings. The van der Waals surface area contributed by atoms with Crippen molar-refractivity contribution in [3.63, 3.8) is 0 Å². The summed E-state index contributed by atoms with van der Waals surface area (Å²) in [5, 5.41) is 20.1. The summed E-state index contributed by atoms with van der Waals surface area (Å²) in [4.78, 5) is 42.2. The molecule has 0 aliphatic heterocycles. The lowest BCUT2D eigenvalue weighted by molar-refractivity contribution is 0.0696. The van der Waals surface area contributed by atoms with Crippen LogP contribution >= 0.6 is 55.1 Å². The van der Waals surface area contributed by atoms with Gasteiger partial charge in [-0.05, 0) is 208 Å². The summed E-state index contributed by atoms with van der Waals surface area (Å²) < 4.78 is 16.1. The maximum Gasteiger partial charge on any atom is 0.335 e. The second kappa shape index (κ2) is 27.0. The van der Waals surface area contributed by atoms with Crippen molar-refractivity contribution in [1.29, 1.82) is 0 Å². The molecular formula is C73H78Br2Cl2N8O5. The molecule has 4 fully saturated rings. The van der Waals surface area contributed by atoms with Crippen molar-refractivity contribution in [1.82, 2.24) is 39.4 Å². The highest BCUT2D eigenvalue weighted by molar-refractivity contribution is 9.10. The van der Waals surface area contributed by atoms with E-state index in [1.54, 1.807) is 0 Å². The summed E-state index contributed by atoms with van der Waals surface area (Å²) >= 11 is 19.9. The van der Waals surface area contributed by atoms with Gasteiger partial charge in [0.05, 0.1) is 66.2 Å². The molecule has 6 aliphatic rings. The fourth-order valence-electron chi connectivity index (χ4n) is 13.5. The van der Waals surface area contributed by atoms with Crippen LogP contribution in [0.3, 0.4) is 0 Å². The zero-order valence-electron chi connectivity index (χ0n) is 52.5. The van der Waals surface area contributed by atoms with Crippen LogP contribution in [0.5, 0.6) is 0 Å². The minimum absolute atomic E-state index is 0.00786. The first kappa shape index (κ1) is 63.6. The number of allylic oxidation sites excluding steroid dienone is 4. The third-order valence-corrected chi connectivity index (χ3v) is 20.7. The minimum atomic E-state index is -1.08. The van der Waals surface area contributed by atoms with Gasteiger partial charge in [-0.3, -0.25) is 19.3 Å². The van der Waals surface area contributed by atoms with Crippen LogP contribution in [-0.2, 0) is 25.7 Å². The average Bonchev–Trinajstić information content (AvgIpc) is 1.60. The van der Waals surface area contributed by atoms with Gasteiger partial charge in [0.25, 0.3) is 0 Å². The van der Waals surface area contributed by atoms with E-state index in [0.717, 1.165) is 114 Å². The highest BCUT2D eigenvalue weighted by atomic mass is 79.9. The Hall–Kier alpha value is -6.52. The quantitative estimate of drug-likeness (QED) is 0.109. The molecule has 4 saturated carbocycles. The molecule has 8 aromatic heterocycles. The molecule has 1 aromatic carbocycles. The molecule has 0 saturated heterocycles. The molecule has 468 valence electrons. The molecule has 8 heterocycles. The standard InChI is InChI=1S/C24H21Cl2N3O3.C18H23BrN2O.C18H20N2O.C13H14BrN/c1-12-22(13(2)32-28-12)20-9-21-17(10-27-20)16(6-14-4-3-5-14)11-29(21)23-18(25)7-15(24(30)31)8-19(23)26;1-18(2,3)9-17(22)21-11-13(7-12-5-4-6-12)14-10-20-16(19)8-15(14)21;1-11-18(12(2)21-20-11)17-9-15-7-6-14(16(15)10-19-17)8-13-4-3-5-13;14-13-7-11-5-4-10(12(11)8-15-13)6-9-2-1-3-9/h7-11,14H,3-6H2,1-2H3,(H,30,31);8,10-12H,4-7,9H2,1-3H3;6,9-10,13H,3-5,7-8H2,1-2H3;4,7-9H,1-3,5-6H2. The van der Waals surface area contributed by atoms with Crippen LogP contribution in [-0.4, -0.2) is 56.4 Å². The Balaban J connectivity index is 0.000000120. The Morgan fingerprint density at radius 2 is 1.04 bits per heavy atom. The number of benzene rings is 1. The van der Waals surface area contributed by atoms with Crippen LogP contribution in [0.15, 0.2) is 104 Å². The molecular weight excluding hydrogens is 1300 g/mol. The smallest absolute Gasteiger partial charge is 0.335 e.